The van der Waals surface area contributed by atoms with Crippen molar-refractivity contribution in [3.8, 4) is 0 Å². The van der Waals surface area contributed by atoms with Gasteiger partial charge in [0, 0.05) is 37.5 Å². The van der Waals surface area contributed by atoms with Crippen LogP contribution in [0.3, 0.4) is 0 Å². The van der Waals surface area contributed by atoms with Crippen molar-refractivity contribution in [1.82, 2.24) is 10.6 Å². The SMILES string of the molecule is CC(C)(C)OC(=O)NCC1CCOCC1c1ccccc1C1(NC2CCC(O)CC2)C=CN=C[C@H]1Cl. The van der Waals surface area contributed by atoms with Gasteiger partial charge in [-0.25, -0.2) is 4.79 Å². The van der Waals surface area contributed by atoms with Gasteiger partial charge in [0.1, 0.15) is 5.60 Å². The topological polar surface area (TPSA) is 92.2 Å². The summed E-state index contributed by atoms with van der Waals surface area (Å²) < 4.78 is 11.4. The van der Waals surface area contributed by atoms with Crippen molar-refractivity contribution >= 4 is 23.9 Å². The fourth-order valence-electron chi connectivity index (χ4n) is 5.59. The molecule has 0 spiro atoms. The van der Waals surface area contributed by atoms with Crippen LogP contribution in [0.25, 0.3) is 0 Å². The van der Waals surface area contributed by atoms with E-state index in [1.54, 1.807) is 6.21 Å². The van der Waals surface area contributed by atoms with E-state index in [1.165, 1.54) is 5.56 Å². The summed E-state index contributed by atoms with van der Waals surface area (Å²) in [6.07, 6.45) is 9.28. The lowest BCUT2D eigenvalue weighted by molar-refractivity contribution is 0.0363. The molecule has 198 valence electrons. The quantitative estimate of drug-likeness (QED) is 0.479. The number of nitrogens with one attached hydrogen (secondary N) is 2. The number of halogens is 1. The van der Waals surface area contributed by atoms with Crippen molar-refractivity contribution in [3.05, 3.63) is 47.7 Å². The zero-order valence-corrected chi connectivity index (χ0v) is 22.3. The van der Waals surface area contributed by atoms with Crippen LogP contribution in [0.2, 0.25) is 0 Å². The maximum atomic E-state index is 12.4. The fourth-order valence-corrected chi connectivity index (χ4v) is 5.91. The Morgan fingerprint density at radius 1 is 1.22 bits per heavy atom. The summed E-state index contributed by atoms with van der Waals surface area (Å²) in [7, 11) is 0. The third kappa shape index (κ3) is 6.49. The molecule has 0 bridgehead atoms. The molecule has 2 aliphatic heterocycles. The van der Waals surface area contributed by atoms with Crippen LogP contribution in [-0.2, 0) is 15.0 Å². The molecule has 0 aromatic heterocycles. The molecule has 1 aliphatic carbocycles. The highest BCUT2D eigenvalue weighted by Gasteiger charge is 2.43. The summed E-state index contributed by atoms with van der Waals surface area (Å²) in [5.41, 5.74) is 1.11. The van der Waals surface area contributed by atoms with Gasteiger partial charge in [-0.15, -0.1) is 11.6 Å². The lowest BCUT2D eigenvalue weighted by Gasteiger charge is -2.44. The fraction of sp³-hybridized carbons (Fsp3) is 0.643. The van der Waals surface area contributed by atoms with Gasteiger partial charge in [-0.2, -0.15) is 0 Å². The van der Waals surface area contributed by atoms with E-state index in [0.29, 0.717) is 19.8 Å². The number of benzene rings is 1. The van der Waals surface area contributed by atoms with Crippen molar-refractivity contribution < 1.29 is 19.4 Å². The number of carbonyl (C=O) groups is 1. The van der Waals surface area contributed by atoms with Crippen LogP contribution in [0.5, 0.6) is 0 Å². The van der Waals surface area contributed by atoms with Gasteiger partial charge in [0.15, 0.2) is 0 Å². The largest absolute Gasteiger partial charge is 0.444 e. The number of alkyl carbamates (subject to hydrolysis) is 1. The molecule has 7 nitrogen and oxygen atoms in total. The van der Waals surface area contributed by atoms with Crippen LogP contribution in [-0.4, -0.2) is 60.3 Å². The summed E-state index contributed by atoms with van der Waals surface area (Å²) in [5, 5.41) is 16.5. The molecular weight excluding hydrogens is 478 g/mol. The second kappa shape index (κ2) is 11.6. The predicted octanol–water partition coefficient (Wildman–Crippen LogP) is 4.63. The van der Waals surface area contributed by atoms with Gasteiger partial charge < -0.3 is 19.9 Å². The Bertz CT molecular complexity index is 954. The summed E-state index contributed by atoms with van der Waals surface area (Å²) in [5.74, 6) is 0.289. The zero-order valence-electron chi connectivity index (χ0n) is 21.6. The first-order valence-electron chi connectivity index (χ1n) is 13.1. The first-order valence-corrected chi connectivity index (χ1v) is 13.6. The number of ether oxygens (including phenoxy) is 2. The number of alkyl halides is 1. The number of amides is 1. The normalized spacial score (nSPS) is 32.8. The minimum absolute atomic E-state index is 0.0906. The second-order valence-electron chi connectivity index (χ2n) is 11.2. The highest BCUT2D eigenvalue weighted by atomic mass is 35.5. The number of aliphatic hydroxyl groups is 1. The summed E-state index contributed by atoms with van der Waals surface area (Å²) in [6.45, 7) is 7.35. The Hall–Kier alpha value is -1.93. The number of aliphatic imine (C=N–C) groups is 1. The van der Waals surface area contributed by atoms with E-state index >= 15 is 0 Å². The summed E-state index contributed by atoms with van der Waals surface area (Å²) >= 11 is 7.02. The van der Waals surface area contributed by atoms with E-state index in [2.05, 4.69) is 39.9 Å². The smallest absolute Gasteiger partial charge is 0.407 e. The van der Waals surface area contributed by atoms with Crippen LogP contribution < -0.4 is 10.6 Å². The van der Waals surface area contributed by atoms with E-state index in [9.17, 15) is 9.90 Å². The molecule has 3 unspecified atom stereocenters. The monoisotopic (exact) mass is 517 g/mol. The van der Waals surface area contributed by atoms with Crippen LogP contribution in [0.4, 0.5) is 4.79 Å². The Kier molecular flexibility index (Phi) is 8.76. The molecular formula is C28H40ClN3O4. The highest BCUT2D eigenvalue weighted by molar-refractivity contribution is 6.29. The number of carbonyl (C=O) groups excluding carboxylic acids is 1. The van der Waals surface area contributed by atoms with E-state index in [1.807, 2.05) is 33.0 Å². The molecule has 8 heteroatoms. The van der Waals surface area contributed by atoms with Crippen molar-refractivity contribution in [3.63, 3.8) is 0 Å². The van der Waals surface area contributed by atoms with Gasteiger partial charge in [0.05, 0.1) is 23.6 Å². The van der Waals surface area contributed by atoms with Gasteiger partial charge in [-0.3, -0.25) is 10.3 Å². The molecule has 1 aromatic carbocycles. The molecule has 4 atom stereocenters. The number of hydrogen-bond donors (Lipinski definition) is 3. The molecule has 0 radical (unpaired) electrons. The summed E-state index contributed by atoms with van der Waals surface area (Å²) in [6, 6.07) is 8.65. The summed E-state index contributed by atoms with van der Waals surface area (Å²) in [4.78, 5) is 16.7. The minimum atomic E-state index is -0.631. The molecule has 1 amide bonds. The first kappa shape index (κ1) is 27.1. The molecule has 1 saturated carbocycles. The standard InChI is InChI=1S/C28H40ClN3O4/c1-27(2,3)36-26(34)31-16-19-12-15-35-18-23(19)22-6-4-5-7-24(22)28(13-14-30-17-25(28)29)32-20-8-10-21(33)11-9-20/h4-7,13-14,17,19-21,23,25,32-33H,8-12,15-16,18H2,1-3H3,(H,31,34)/t19?,20?,21?,23?,25-,28?/m1/s1. The third-order valence-electron chi connectivity index (χ3n) is 7.43. The zero-order chi connectivity index (χ0) is 25.8. The number of hydrogen-bond acceptors (Lipinski definition) is 6. The Labute approximate surface area is 219 Å². The van der Waals surface area contributed by atoms with E-state index in [4.69, 9.17) is 21.1 Å². The predicted molar refractivity (Wildman–Crippen MR) is 143 cm³/mol. The van der Waals surface area contributed by atoms with Crippen LogP contribution in [0.1, 0.15) is 69.9 Å². The van der Waals surface area contributed by atoms with Gasteiger partial charge in [0.25, 0.3) is 0 Å². The molecule has 3 N–H and O–H groups in total. The average molecular weight is 518 g/mol. The van der Waals surface area contributed by atoms with E-state index in [0.717, 1.165) is 37.7 Å². The van der Waals surface area contributed by atoms with Crippen molar-refractivity contribution in [1.29, 1.82) is 0 Å². The number of rotatable bonds is 6. The van der Waals surface area contributed by atoms with Crippen molar-refractivity contribution in [2.75, 3.05) is 19.8 Å². The Morgan fingerprint density at radius 3 is 2.69 bits per heavy atom. The van der Waals surface area contributed by atoms with Crippen LogP contribution >= 0.6 is 11.6 Å². The van der Waals surface area contributed by atoms with E-state index in [-0.39, 0.29) is 29.4 Å². The highest BCUT2D eigenvalue weighted by Crippen LogP contribution is 2.41. The Morgan fingerprint density at radius 2 is 1.97 bits per heavy atom. The van der Waals surface area contributed by atoms with Crippen LogP contribution in [0.15, 0.2) is 41.5 Å². The van der Waals surface area contributed by atoms with E-state index < -0.39 is 17.2 Å². The molecule has 2 fully saturated rings. The third-order valence-corrected chi connectivity index (χ3v) is 7.88. The molecule has 2 heterocycles. The molecule has 1 aromatic rings. The van der Waals surface area contributed by atoms with Gasteiger partial charge in [-0.1, -0.05) is 24.3 Å². The molecule has 1 saturated heterocycles. The lowest BCUT2D eigenvalue weighted by Crippen LogP contribution is -2.55. The molecule has 3 aliphatic rings. The van der Waals surface area contributed by atoms with Gasteiger partial charge in [-0.05, 0) is 76.0 Å². The van der Waals surface area contributed by atoms with Gasteiger partial charge >= 0.3 is 6.09 Å². The average Bonchev–Trinajstić information content (AvgIpc) is 2.85. The maximum Gasteiger partial charge on any atom is 0.407 e. The van der Waals surface area contributed by atoms with Crippen molar-refractivity contribution in [2.24, 2.45) is 10.9 Å². The van der Waals surface area contributed by atoms with Crippen molar-refractivity contribution in [2.45, 2.75) is 87.5 Å². The Balaban J connectivity index is 1.61. The maximum absolute atomic E-state index is 12.4. The second-order valence-corrected chi connectivity index (χ2v) is 11.7. The number of nitrogens with zero attached hydrogens (tertiary/aromatic N) is 1. The number of aliphatic hydroxyl groups excluding tert-OH is 1. The molecule has 4 rings (SSSR count). The van der Waals surface area contributed by atoms with Crippen LogP contribution in [0, 0.1) is 5.92 Å². The first-order chi connectivity index (χ1) is 17.2. The minimum Gasteiger partial charge on any atom is -0.444 e. The molecule has 36 heavy (non-hydrogen) atoms. The lowest BCUT2D eigenvalue weighted by atomic mass is 9.74. The van der Waals surface area contributed by atoms with Gasteiger partial charge in [0.2, 0.25) is 0 Å².